The summed E-state index contributed by atoms with van der Waals surface area (Å²) >= 11 is 0. The maximum Gasteiger partial charge on any atom is 0.274 e. The van der Waals surface area contributed by atoms with Crippen LogP contribution in [0.15, 0.2) is 79.3 Å². The maximum absolute atomic E-state index is 13.4. The molecule has 0 bridgehead atoms. The summed E-state index contributed by atoms with van der Waals surface area (Å²) < 4.78 is 15.1. The van der Waals surface area contributed by atoms with Gasteiger partial charge in [0.1, 0.15) is 11.6 Å². The number of carbonyl (C=O) groups is 1. The van der Waals surface area contributed by atoms with Crippen LogP contribution in [-0.4, -0.2) is 56.7 Å². The molecule has 0 atom stereocenters. The summed E-state index contributed by atoms with van der Waals surface area (Å²) in [5, 5.41) is 4.59. The van der Waals surface area contributed by atoms with Crippen LogP contribution in [-0.2, 0) is 0 Å². The Morgan fingerprint density at radius 2 is 1.72 bits per heavy atom. The SMILES string of the molecule is O=C(c1cc(-c2cccnc2)n(-c2ccc(F)cc2)n1)N1CCN(c2ccccn2)CC1. The van der Waals surface area contributed by atoms with Gasteiger partial charge in [-0.3, -0.25) is 9.78 Å². The van der Waals surface area contributed by atoms with E-state index in [1.807, 2.05) is 35.2 Å². The molecule has 0 radical (unpaired) electrons. The van der Waals surface area contributed by atoms with Crippen LogP contribution in [0.3, 0.4) is 0 Å². The number of aromatic nitrogens is 4. The average Bonchev–Trinajstić information content (AvgIpc) is 3.31. The van der Waals surface area contributed by atoms with Gasteiger partial charge in [-0.05, 0) is 54.6 Å². The number of pyridine rings is 2. The van der Waals surface area contributed by atoms with Gasteiger partial charge < -0.3 is 9.80 Å². The van der Waals surface area contributed by atoms with Crippen molar-refractivity contribution in [2.24, 2.45) is 0 Å². The van der Waals surface area contributed by atoms with E-state index in [9.17, 15) is 9.18 Å². The Kier molecular flexibility index (Phi) is 5.33. The molecular weight excluding hydrogens is 407 g/mol. The molecule has 0 saturated carbocycles. The topological polar surface area (TPSA) is 67.2 Å². The Morgan fingerprint density at radius 1 is 0.906 bits per heavy atom. The summed E-state index contributed by atoms with van der Waals surface area (Å²) in [4.78, 5) is 25.8. The molecule has 7 nitrogen and oxygen atoms in total. The van der Waals surface area contributed by atoms with Crippen molar-refractivity contribution in [3.05, 3.63) is 90.8 Å². The van der Waals surface area contributed by atoms with Crippen molar-refractivity contribution in [2.75, 3.05) is 31.1 Å². The second-order valence-corrected chi connectivity index (χ2v) is 7.51. The zero-order chi connectivity index (χ0) is 21.9. The molecule has 1 aromatic carbocycles. The van der Waals surface area contributed by atoms with E-state index >= 15 is 0 Å². The molecular formula is C24H21FN6O. The lowest BCUT2D eigenvalue weighted by Crippen LogP contribution is -2.49. The first kappa shape index (κ1) is 19.9. The van der Waals surface area contributed by atoms with Crippen molar-refractivity contribution >= 4 is 11.7 Å². The van der Waals surface area contributed by atoms with Crippen LogP contribution in [0.5, 0.6) is 0 Å². The fraction of sp³-hybridized carbons (Fsp3) is 0.167. The van der Waals surface area contributed by atoms with E-state index in [4.69, 9.17) is 0 Å². The third-order valence-electron chi connectivity index (χ3n) is 5.50. The number of hydrogen-bond acceptors (Lipinski definition) is 5. The normalized spacial score (nSPS) is 13.9. The van der Waals surface area contributed by atoms with Crippen molar-refractivity contribution in [3.63, 3.8) is 0 Å². The zero-order valence-electron chi connectivity index (χ0n) is 17.3. The number of carbonyl (C=O) groups excluding carboxylic acids is 1. The molecule has 1 aliphatic rings. The quantitative estimate of drug-likeness (QED) is 0.498. The Balaban J connectivity index is 1.41. The summed E-state index contributed by atoms with van der Waals surface area (Å²) in [6.45, 7) is 2.58. The van der Waals surface area contributed by atoms with Crippen molar-refractivity contribution in [1.29, 1.82) is 0 Å². The van der Waals surface area contributed by atoms with Crippen molar-refractivity contribution in [1.82, 2.24) is 24.6 Å². The molecule has 4 heterocycles. The highest BCUT2D eigenvalue weighted by Crippen LogP contribution is 2.25. The number of anilines is 1. The molecule has 0 unspecified atom stereocenters. The van der Waals surface area contributed by atoms with Crippen LogP contribution in [0.4, 0.5) is 10.2 Å². The molecule has 0 spiro atoms. The molecule has 8 heteroatoms. The van der Waals surface area contributed by atoms with Gasteiger partial charge in [0.25, 0.3) is 5.91 Å². The van der Waals surface area contributed by atoms with Gasteiger partial charge in [-0.25, -0.2) is 14.1 Å². The van der Waals surface area contributed by atoms with Gasteiger partial charge in [-0.2, -0.15) is 5.10 Å². The molecule has 0 N–H and O–H groups in total. The number of piperazine rings is 1. The molecule has 160 valence electrons. The van der Waals surface area contributed by atoms with Gasteiger partial charge in [0, 0.05) is 50.3 Å². The minimum atomic E-state index is -0.328. The van der Waals surface area contributed by atoms with E-state index in [0.717, 1.165) is 17.1 Å². The monoisotopic (exact) mass is 428 g/mol. The highest BCUT2D eigenvalue weighted by Gasteiger charge is 2.26. The lowest BCUT2D eigenvalue weighted by atomic mass is 10.2. The van der Waals surface area contributed by atoms with Crippen LogP contribution in [0.25, 0.3) is 16.9 Å². The molecule has 1 aliphatic heterocycles. The van der Waals surface area contributed by atoms with Crippen LogP contribution in [0.2, 0.25) is 0 Å². The van der Waals surface area contributed by atoms with E-state index in [1.165, 1.54) is 12.1 Å². The number of amides is 1. The van der Waals surface area contributed by atoms with Gasteiger partial charge in [0.15, 0.2) is 5.69 Å². The fourth-order valence-electron chi connectivity index (χ4n) is 3.83. The first-order chi connectivity index (χ1) is 15.7. The molecule has 4 aromatic rings. The third kappa shape index (κ3) is 3.94. The smallest absolute Gasteiger partial charge is 0.274 e. The average molecular weight is 428 g/mol. The van der Waals surface area contributed by atoms with Crippen molar-refractivity contribution in [3.8, 4) is 16.9 Å². The first-order valence-corrected chi connectivity index (χ1v) is 10.4. The van der Waals surface area contributed by atoms with Crippen molar-refractivity contribution in [2.45, 2.75) is 0 Å². The summed E-state index contributed by atoms with van der Waals surface area (Å²) in [5.74, 6) is 0.460. The van der Waals surface area contributed by atoms with Crippen LogP contribution >= 0.6 is 0 Å². The minimum absolute atomic E-state index is 0.128. The second-order valence-electron chi connectivity index (χ2n) is 7.51. The fourth-order valence-corrected chi connectivity index (χ4v) is 3.83. The van der Waals surface area contributed by atoms with E-state index in [1.54, 1.807) is 41.5 Å². The summed E-state index contributed by atoms with van der Waals surface area (Å²) in [6.07, 6.45) is 5.18. The molecule has 5 rings (SSSR count). The first-order valence-electron chi connectivity index (χ1n) is 10.4. The van der Waals surface area contributed by atoms with Gasteiger partial charge in [-0.15, -0.1) is 0 Å². The summed E-state index contributed by atoms with van der Waals surface area (Å²) in [5.41, 5.74) is 2.56. The molecule has 3 aromatic heterocycles. The largest absolute Gasteiger partial charge is 0.353 e. The van der Waals surface area contributed by atoms with Crippen LogP contribution < -0.4 is 4.90 Å². The van der Waals surface area contributed by atoms with E-state index in [0.29, 0.717) is 37.6 Å². The number of benzene rings is 1. The number of rotatable bonds is 4. The predicted molar refractivity (Wildman–Crippen MR) is 119 cm³/mol. The minimum Gasteiger partial charge on any atom is -0.353 e. The van der Waals surface area contributed by atoms with Crippen molar-refractivity contribution < 1.29 is 9.18 Å². The number of halogens is 1. The highest BCUT2D eigenvalue weighted by atomic mass is 19.1. The second kappa shape index (κ2) is 8.58. The Hall–Kier alpha value is -4.07. The van der Waals surface area contributed by atoms with Gasteiger partial charge in [-0.1, -0.05) is 6.07 Å². The van der Waals surface area contributed by atoms with Crippen LogP contribution in [0.1, 0.15) is 10.5 Å². The van der Waals surface area contributed by atoms with Gasteiger partial charge in [0.05, 0.1) is 11.4 Å². The van der Waals surface area contributed by atoms with E-state index < -0.39 is 0 Å². The Bertz CT molecular complexity index is 1200. The highest BCUT2D eigenvalue weighted by molar-refractivity contribution is 5.93. The van der Waals surface area contributed by atoms with E-state index in [-0.39, 0.29) is 11.7 Å². The predicted octanol–water partition coefficient (Wildman–Crippen LogP) is 3.43. The molecule has 0 aliphatic carbocycles. The molecule has 32 heavy (non-hydrogen) atoms. The standard InChI is InChI=1S/C24H21FN6O/c25-19-6-8-20(9-7-19)31-22(18-4-3-10-26-17-18)16-21(28-31)24(32)30-14-12-29(13-15-30)23-5-1-2-11-27-23/h1-11,16-17H,12-15H2. The molecule has 1 saturated heterocycles. The van der Waals surface area contributed by atoms with Gasteiger partial charge >= 0.3 is 0 Å². The maximum atomic E-state index is 13.4. The molecule has 1 fully saturated rings. The van der Waals surface area contributed by atoms with Gasteiger partial charge in [0.2, 0.25) is 0 Å². The van der Waals surface area contributed by atoms with Crippen LogP contribution in [0, 0.1) is 5.82 Å². The number of hydrogen-bond donors (Lipinski definition) is 0. The van der Waals surface area contributed by atoms with E-state index in [2.05, 4.69) is 20.0 Å². The lowest BCUT2D eigenvalue weighted by Gasteiger charge is -2.35. The Labute approximate surface area is 184 Å². The summed E-state index contributed by atoms with van der Waals surface area (Å²) in [6, 6.07) is 17.4. The third-order valence-corrected chi connectivity index (χ3v) is 5.50. The zero-order valence-corrected chi connectivity index (χ0v) is 17.3. The summed E-state index contributed by atoms with van der Waals surface area (Å²) in [7, 11) is 0. The number of nitrogens with zero attached hydrogens (tertiary/aromatic N) is 6. The lowest BCUT2D eigenvalue weighted by molar-refractivity contribution is 0.0740. The Morgan fingerprint density at radius 3 is 2.41 bits per heavy atom. The molecule has 1 amide bonds.